The van der Waals surface area contributed by atoms with Crippen LogP contribution < -0.4 is 14.5 Å². The van der Waals surface area contributed by atoms with E-state index in [2.05, 4.69) is 5.32 Å². The van der Waals surface area contributed by atoms with Crippen molar-refractivity contribution in [1.82, 2.24) is 4.57 Å². The van der Waals surface area contributed by atoms with E-state index in [-0.39, 0.29) is 4.87 Å². The molecule has 29 heavy (non-hydrogen) atoms. The average molecular weight is 454 g/mol. The van der Waals surface area contributed by atoms with Gasteiger partial charge in [0, 0.05) is 17.8 Å². The van der Waals surface area contributed by atoms with E-state index in [1.807, 2.05) is 0 Å². The summed E-state index contributed by atoms with van der Waals surface area (Å²) in [6, 6.07) is 8.92. The minimum Gasteiger partial charge on any atom is -0.324 e. The first-order valence-electron chi connectivity index (χ1n) is 8.65. The van der Waals surface area contributed by atoms with Crippen LogP contribution in [0.2, 0.25) is 5.02 Å². The topological polar surface area (TPSA) is 88.5 Å². The SMILES string of the molecule is Cc1ccc(N([C@@H](C)C(=O)Nc2ccc3c(c2)sc(=O)n3C)S(C)(=O)=O)cc1Cl. The molecule has 0 fully saturated rings. The molecule has 154 valence electrons. The molecule has 0 aliphatic carbocycles. The third-order valence-electron chi connectivity index (χ3n) is 4.56. The van der Waals surface area contributed by atoms with Crippen molar-refractivity contribution in [3.8, 4) is 0 Å². The number of hydrogen-bond acceptors (Lipinski definition) is 5. The second kappa shape index (κ2) is 7.81. The van der Waals surface area contributed by atoms with E-state index < -0.39 is 22.0 Å². The molecule has 0 aliphatic rings. The van der Waals surface area contributed by atoms with Crippen molar-refractivity contribution in [1.29, 1.82) is 0 Å². The second-order valence-electron chi connectivity index (χ2n) is 6.77. The maximum absolute atomic E-state index is 12.8. The van der Waals surface area contributed by atoms with Gasteiger partial charge in [-0.15, -0.1) is 0 Å². The fourth-order valence-corrected chi connectivity index (χ4v) is 5.25. The van der Waals surface area contributed by atoms with Crippen molar-refractivity contribution >= 4 is 60.5 Å². The number of benzene rings is 2. The fourth-order valence-electron chi connectivity index (χ4n) is 2.99. The van der Waals surface area contributed by atoms with Crippen LogP contribution in [0.25, 0.3) is 10.2 Å². The van der Waals surface area contributed by atoms with Gasteiger partial charge in [-0.05, 0) is 49.7 Å². The molecule has 0 radical (unpaired) electrons. The predicted molar refractivity (Wildman–Crippen MR) is 119 cm³/mol. The van der Waals surface area contributed by atoms with Gasteiger partial charge in [0.25, 0.3) is 0 Å². The number of nitrogens with one attached hydrogen (secondary N) is 1. The van der Waals surface area contributed by atoms with Gasteiger partial charge in [-0.25, -0.2) is 8.42 Å². The van der Waals surface area contributed by atoms with Gasteiger partial charge in [-0.1, -0.05) is 29.0 Å². The van der Waals surface area contributed by atoms with Crippen LogP contribution in [0.15, 0.2) is 41.2 Å². The number of aryl methyl sites for hydroxylation is 2. The molecule has 0 spiro atoms. The Hall–Kier alpha value is -2.36. The van der Waals surface area contributed by atoms with Crippen molar-refractivity contribution < 1.29 is 13.2 Å². The number of carbonyl (C=O) groups is 1. The quantitative estimate of drug-likeness (QED) is 0.641. The number of sulfonamides is 1. The van der Waals surface area contributed by atoms with Crippen molar-refractivity contribution in [2.75, 3.05) is 15.9 Å². The molecule has 10 heteroatoms. The van der Waals surface area contributed by atoms with Crippen LogP contribution in [0, 0.1) is 6.92 Å². The first-order valence-corrected chi connectivity index (χ1v) is 11.7. The largest absolute Gasteiger partial charge is 0.324 e. The van der Waals surface area contributed by atoms with Gasteiger partial charge >= 0.3 is 4.87 Å². The minimum atomic E-state index is -3.75. The predicted octanol–water partition coefficient (Wildman–Crippen LogP) is 3.36. The average Bonchev–Trinajstić information content (AvgIpc) is 2.90. The van der Waals surface area contributed by atoms with Crippen LogP contribution in [0.5, 0.6) is 0 Å². The maximum atomic E-state index is 12.8. The summed E-state index contributed by atoms with van der Waals surface area (Å²) in [4.78, 5) is 24.5. The second-order valence-corrected chi connectivity index (χ2v) is 10.0. The number of thiazole rings is 1. The number of aromatic nitrogens is 1. The lowest BCUT2D eigenvalue weighted by atomic mass is 10.2. The number of rotatable bonds is 5. The first kappa shape index (κ1) is 21.4. The maximum Gasteiger partial charge on any atom is 0.307 e. The van der Waals surface area contributed by atoms with Crippen LogP contribution >= 0.6 is 22.9 Å². The summed E-state index contributed by atoms with van der Waals surface area (Å²) in [6.07, 6.45) is 1.04. The summed E-state index contributed by atoms with van der Waals surface area (Å²) >= 11 is 7.22. The molecule has 1 amide bonds. The molecule has 1 aromatic heterocycles. The Morgan fingerprint density at radius 1 is 1.24 bits per heavy atom. The molecule has 1 heterocycles. The van der Waals surface area contributed by atoms with E-state index in [9.17, 15) is 18.0 Å². The highest BCUT2D eigenvalue weighted by Crippen LogP contribution is 2.27. The Kier molecular flexibility index (Phi) is 5.75. The molecule has 3 aromatic rings. The van der Waals surface area contributed by atoms with Crippen molar-refractivity contribution in [3.05, 3.63) is 56.7 Å². The lowest BCUT2D eigenvalue weighted by molar-refractivity contribution is -0.116. The summed E-state index contributed by atoms with van der Waals surface area (Å²) in [5, 5.41) is 3.14. The Labute approximate surface area is 177 Å². The standard InChI is InChI=1S/C19H20ClN3O4S2/c1-11-5-7-14(10-15(11)20)23(29(4,26)27)12(2)18(24)21-13-6-8-16-17(9-13)28-19(25)22(16)3/h5-10,12H,1-4H3,(H,21,24)/t12-/m0/s1. The molecule has 0 bridgehead atoms. The van der Waals surface area contributed by atoms with E-state index in [4.69, 9.17) is 11.6 Å². The van der Waals surface area contributed by atoms with Gasteiger partial charge in [-0.3, -0.25) is 13.9 Å². The number of fused-ring (bicyclic) bond motifs is 1. The van der Waals surface area contributed by atoms with Crippen LogP contribution in [0.4, 0.5) is 11.4 Å². The summed E-state index contributed by atoms with van der Waals surface area (Å²) in [7, 11) is -2.07. The minimum absolute atomic E-state index is 0.101. The number of halogens is 1. The number of amides is 1. The Morgan fingerprint density at radius 2 is 1.93 bits per heavy atom. The molecule has 0 aliphatic heterocycles. The Morgan fingerprint density at radius 3 is 2.55 bits per heavy atom. The van der Waals surface area contributed by atoms with Crippen LogP contribution in [0.1, 0.15) is 12.5 Å². The normalized spacial score (nSPS) is 12.7. The van der Waals surface area contributed by atoms with Gasteiger partial charge < -0.3 is 9.88 Å². The monoisotopic (exact) mass is 453 g/mol. The zero-order valence-electron chi connectivity index (χ0n) is 16.3. The number of anilines is 2. The van der Waals surface area contributed by atoms with Crippen LogP contribution in [-0.4, -0.2) is 31.2 Å². The molecule has 0 saturated carbocycles. The van der Waals surface area contributed by atoms with Gasteiger partial charge in [0.1, 0.15) is 6.04 Å². The van der Waals surface area contributed by atoms with E-state index in [0.29, 0.717) is 16.4 Å². The smallest absolute Gasteiger partial charge is 0.307 e. The molecule has 3 rings (SSSR count). The van der Waals surface area contributed by atoms with Gasteiger partial charge in [-0.2, -0.15) is 0 Å². The summed E-state index contributed by atoms with van der Waals surface area (Å²) in [6.45, 7) is 3.31. The summed E-state index contributed by atoms with van der Waals surface area (Å²) in [5.41, 5.74) is 2.35. The van der Waals surface area contributed by atoms with Crippen molar-refractivity contribution in [2.24, 2.45) is 7.05 Å². The number of nitrogens with zero attached hydrogens (tertiary/aromatic N) is 2. The molecular formula is C19H20ClN3O4S2. The van der Waals surface area contributed by atoms with E-state index in [1.165, 1.54) is 17.6 Å². The third-order valence-corrected chi connectivity index (χ3v) is 7.20. The lowest BCUT2D eigenvalue weighted by Gasteiger charge is -2.28. The van der Waals surface area contributed by atoms with Crippen molar-refractivity contribution in [3.63, 3.8) is 0 Å². The molecule has 0 saturated heterocycles. The lowest BCUT2D eigenvalue weighted by Crippen LogP contribution is -2.45. The number of carbonyl (C=O) groups excluding carboxylic acids is 1. The molecule has 1 atom stereocenters. The van der Waals surface area contributed by atoms with Crippen LogP contribution in [-0.2, 0) is 21.9 Å². The summed E-state index contributed by atoms with van der Waals surface area (Å²) < 4.78 is 28.1. The highest BCUT2D eigenvalue weighted by Gasteiger charge is 2.29. The molecule has 2 aromatic carbocycles. The highest BCUT2D eigenvalue weighted by molar-refractivity contribution is 7.92. The fraction of sp³-hybridized carbons (Fsp3) is 0.263. The van der Waals surface area contributed by atoms with Gasteiger partial charge in [0.2, 0.25) is 15.9 Å². The first-order chi connectivity index (χ1) is 13.5. The van der Waals surface area contributed by atoms with Crippen molar-refractivity contribution in [2.45, 2.75) is 19.9 Å². The zero-order valence-corrected chi connectivity index (χ0v) is 18.7. The molecule has 0 unspecified atom stereocenters. The molecular weight excluding hydrogens is 434 g/mol. The van der Waals surface area contributed by atoms with Gasteiger partial charge in [0.05, 0.1) is 22.2 Å². The van der Waals surface area contributed by atoms with E-state index in [0.717, 1.165) is 37.7 Å². The Bertz CT molecular complexity index is 1260. The van der Waals surface area contributed by atoms with E-state index >= 15 is 0 Å². The highest BCUT2D eigenvalue weighted by atomic mass is 35.5. The van der Waals surface area contributed by atoms with Crippen LogP contribution in [0.3, 0.4) is 0 Å². The Balaban J connectivity index is 1.91. The zero-order chi connectivity index (χ0) is 21.5. The third kappa shape index (κ3) is 4.31. The number of hydrogen-bond donors (Lipinski definition) is 1. The molecule has 1 N–H and O–H groups in total. The summed E-state index contributed by atoms with van der Waals surface area (Å²) in [5.74, 6) is -0.505. The molecule has 7 nitrogen and oxygen atoms in total. The van der Waals surface area contributed by atoms with Gasteiger partial charge in [0.15, 0.2) is 0 Å². The van der Waals surface area contributed by atoms with E-state index in [1.54, 1.807) is 44.3 Å².